The number of methoxy groups -OCH3 is 1. The number of fused-ring (bicyclic) bond motifs is 2. The first-order valence-electron chi connectivity index (χ1n) is 10.1. The highest BCUT2D eigenvalue weighted by atomic mass is 35.5. The van der Waals surface area contributed by atoms with Crippen LogP contribution in [0.3, 0.4) is 0 Å². The summed E-state index contributed by atoms with van der Waals surface area (Å²) in [7, 11) is 1.69. The van der Waals surface area contributed by atoms with E-state index in [-0.39, 0.29) is 12.4 Å². The minimum atomic E-state index is 0. The van der Waals surface area contributed by atoms with Gasteiger partial charge in [-0.25, -0.2) is 4.98 Å². The van der Waals surface area contributed by atoms with Gasteiger partial charge in [-0.05, 0) is 75.8 Å². The van der Waals surface area contributed by atoms with Gasteiger partial charge in [-0.3, -0.25) is 0 Å². The van der Waals surface area contributed by atoms with Crippen molar-refractivity contribution in [1.29, 1.82) is 0 Å². The fourth-order valence-corrected chi connectivity index (χ4v) is 3.82. The second-order valence-corrected chi connectivity index (χ2v) is 7.68. The summed E-state index contributed by atoms with van der Waals surface area (Å²) < 4.78 is 5.45. The lowest BCUT2D eigenvalue weighted by atomic mass is 10.1. The summed E-state index contributed by atoms with van der Waals surface area (Å²) in [5, 5.41) is 6.61. The quantitative estimate of drug-likeness (QED) is 0.394. The molecule has 158 valence electrons. The summed E-state index contributed by atoms with van der Waals surface area (Å²) in [5.41, 5.74) is 2.95. The van der Waals surface area contributed by atoms with Crippen LogP contribution < -0.4 is 10.1 Å². The molecule has 0 fully saturated rings. The third kappa shape index (κ3) is 5.65. The Kier molecular flexibility index (Phi) is 8.81. The molecule has 0 spiro atoms. The van der Waals surface area contributed by atoms with Crippen LogP contribution in [0.5, 0.6) is 5.75 Å². The molecule has 1 atom stereocenters. The van der Waals surface area contributed by atoms with Gasteiger partial charge in [0.1, 0.15) is 5.75 Å². The van der Waals surface area contributed by atoms with Gasteiger partial charge in [-0.15, -0.1) is 12.4 Å². The maximum atomic E-state index is 6.22. The van der Waals surface area contributed by atoms with E-state index < -0.39 is 0 Å². The van der Waals surface area contributed by atoms with Crippen LogP contribution in [0.4, 0.5) is 5.69 Å². The molecule has 29 heavy (non-hydrogen) atoms. The molecule has 1 unspecified atom stereocenters. The normalized spacial score (nSPS) is 12.2. The summed E-state index contributed by atoms with van der Waals surface area (Å²) in [6.07, 6.45) is 2.28. The van der Waals surface area contributed by atoms with E-state index in [1.54, 1.807) is 7.11 Å². The van der Waals surface area contributed by atoms with Crippen LogP contribution in [0.2, 0.25) is 5.02 Å². The van der Waals surface area contributed by atoms with E-state index in [0.29, 0.717) is 11.1 Å². The Hall–Kier alpha value is -1.75. The van der Waals surface area contributed by atoms with Gasteiger partial charge in [0.15, 0.2) is 0 Å². The number of benzene rings is 2. The zero-order valence-corrected chi connectivity index (χ0v) is 19.2. The molecule has 1 aromatic heterocycles. The van der Waals surface area contributed by atoms with E-state index in [9.17, 15) is 0 Å². The van der Waals surface area contributed by atoms with E-state index in [1.807, 2.05) is 24.3 Å². The number of anilines is 1. The lowest BCUT2D eigenvalue weighted by Crippen LogP contribution is -2.25. The molecule has 0 aliphatic heterocycles. The Morgan fingerprint density at radius 2 is 1.83 bits per heavy atom. The van der Waals surface area contributed by atoms with Crippen molar-refractivity contribution in [2.45, 2.75) is 39.7 Å². The average molecular weight is 436 g/mol. The van der Waals surface area contributed by atoms with Crippen molar-refractivity contribution in [2.75, 3.05) is 32.1 Å². The van der Waals surface area contributed by atoms with Crippen LogP contribution in [0, 0.1) is 0 Å². The number of halogens is 2. The van der Waals surface area contributed by atoms with Crippen LogP contribution in [-0.4, -0.2) is 42.7 Å². The second-order valence-electron chi connectivity index (χ2n) is 7.25. The SMILES string of the molecule is CCN(CC)CCCC(C)Nc1c2ccc(Cl)cc2nc2ccc(OC)cc12.Cl. The number of ether oxygens (including phenoxy) is 1. The molecular formula is C23H31Cl2N3O. The summed E-state index contributed by atoms with van der Waals surface area (Å²) in [6, 6.07) is 12.3. The van der Waals surface area contributed by atoms with Gasteiger partial charge < -0.3 is 15.0 Å². The molecule has 1 N–H and O–H groups in total. The lowest BCUT2D eigenvalue weighted by molar-refractivity contribution is 0.295. The van der Waals surface area contributed by atoms with Crippen molar-refractivity contribution < 1.29 is 4.74 Å². The van der Waals surface area contributed by atoms with Crippen LogP contribution in [-0.2, 0) is 0 Å². The first-order valence-corrected chi connectivity index (χ1v) is 10.5. The molecule has 4 nitrogen and oxygen atoms in total. The van der Waals surface area contributed by atoms with Gasteiger partial charge in [-0.2, -0.15) is 0 Å². The van der Waals surface area contributed by atoms with Crippen molar-refractivity contribution >= 4 is 51.5 Å². The Morgan fingerprint density at radius 1 is 1.07 bits per heavy atom. The zero-order chi connectivity index (χ0) is 20.1. The van der Waals surface area contributed by atoms with Crippen molar-refractivity contribution in [1.82, 2.24) is 9.88 Å². The maximum Gasteiger partial charge on any atom is 0.119 e. The van der Waals surface area contributed by atoms with Gasteiger partial charge in [0.05, 0.1) is 23.8 Å². The summed E-state index contributed by atoms with van der Waals surface area (Å²) >= 11 is 6.22. The molecular weight excluding hydrogens is 405 g/mol. The summed E-state index contributed by atoms with van der Waals surface area (Å²) in [6.45, 7) is 10.0. The van der Waals surface area contributed by atoms with E-state index in [4.69, 9.17) is 21.3 Å². The molecule has 0 amide bonds. The molecule has 0 radical (unpaired) electrons. The smallest absolute Gasteiger partial charge is 0.119 e. The third-order valence-corrected chi connectivity index (χ3v) is 5.57. The van der Waals surface area contributed by atoms with E-state index in [2.05, 4.69) is 43.1 Å². The van der Waals surface area contributed by atoms with Gasteiger partial charge in [-0.1, -0.05) is 25.4 Å². The Balaban J connectivity index is 0.00000300. The van der Waals surface area contributed by atoms with Gasteiger partial charge >= 0.3 is 0 Å². The number of aromatic nitrogens is 1. The standard InChI is InChI=1S/C23H30ClN3O.ClH/c1-5-27(6-2)13-7-8-16(3)25-23-19-11-9-17(24)14-22(19)26-21-12-10-18(28-4)15-20(21)23;/h9-12,14-16H,5-8,13H2,1-4H3,(H,25,26);1H. The van der Waals surface area contributed by atoms with E-state index in [0.717, 1.165) is 59.3 Å². The highest BCUT2D eigenvalue weighted by molar-refractivity contribution is 6.31. The van der Waals surface area contributed by atoms with Crippen molar-refractivity contribution in [3.63, 3.8) is 0 Å². The zero-order valence-electron chi connectivity index (χ0n) is 17.7. The van der Waals surface area contributed by atoms with Gasteiger partial charge in [0.2, 0.25) is 0 Å². The third-order valence-electron chi connectivity index (χ3n) is 5.34. The molecule has 0 bridgehead atoms. The number of hydrogen-bond acceptors (Lipinski definition) is 4. The van der Waals surface area contributed by atoms with Crippen molar-refractivity contribution in [3.05, 3.63) is 41.4 Å². The molecule has 1 heterocycles. The van der Waals surface area contributed by atoms with Crippen LogP contribution >= 0.6 is 24.0 Å². The molecule has 0 aliphatic rings. The topological polar surface area (TPSA) is 37.4 Å². The highest BCUT2D eigenvalue weighted by Gasteiger charge is 2.13. The lowest BCUT2D eigenvalue weighted by Gasteiger charge is -2.22. The Labute approximate surface area is 185 Å². The van der Waals surface area contributed by atoms with Crippen LogP contribution in [0.1, 0.15) is 33.6 Å². The molecule has 3 rings (SSSR count). The predicted octanol–water partition coefficient (Wildman–Crippen LogP) is 6.39. The van der Waals surface area contributed by atoms with Gasteiger partial charge in [0.25, 0.3) is 0 Å². The molecule has 6 heteroatoms. The minimum Gasteiger partial charge on any atom is -0.497 e. The Bertz CT molecular complexity index is 944. The highest BCUT2D eigenvalue weighted by Crippen LogP contribution is 2.34. The second kappa shape index (κ2) is 10.9. The first kappa shape index (κ1) is 23.5. The molecule has 0 saturated heterocycles. The predicted molar refractivity (Wildman–Crippen MR) is 128 cm³/mol. The monoisotopic (exact) mass is 435 g/mol. The minimum absolute atomic E-state index is 0. The van der Waals surface area contributed by atoms with E-state index in [1.165, 1.54) is 6.42 Å². The number of pyridine rings is 1. The first-order chi connectivity index (χ1) is 13.5. The molecule has 2 aromatic carbocycles. The largest absolute Gasteiger partial charge is 0.497 e. The van der Waals surface area contributed by atoms with Crippen LogP contribution in [0.25, 0.3) is 21.8 Å². The van der Waals surface area contributed by atoms with Gasteiger partial charge in [0, 0.05) is 21.8 Å². The number of hydrogen-bond donors (Lipinski definition) is 1. The molecule has 0 aliphatic carbocycles. The number of rotatable bonds is 9. The summed E-state index contributed by atoms with van der Waals surface area (Å²) in [5.74, 6) is 0.833. The average Bonchev–Trinajstić information content (AvgIpc) is 2.70. The fourth-order valence-electron chi connectivity index (χ4n) is 3.66. The van der Waals surface area contributed by atoms with Crippen molar-refractivity contribution in [3.8, 4) is 5.75 Å². The number of nitrogens with one attached hydrogen (secondary N) is 1. The van der Waals surface area contributed by atoms with Crippen molar-refractivity contribution in [2.24, 2.45) is 0 Å². The fraction of sp³-hybridized carbons (Fsp3) is 0.435. The summed E-state index contributed by atoms with van der Waals surface area (Å²) in [4.78, 5) is 7.27. The molecule has 3 aromatic rings. The van der Waals surface area contributed by atoms with E-state index >= 15 is 0 Å². The number of nitrogens with zero attached hydrogens (tertiary/aromatic N) is 2. The Morgan fingerprint density at radius 3 is 2.52 bits per heavy atom. The molecule has 0 saturated carbocycles. The van der Waals surface area contributed by atoms with Crippen LogP contribution in [0.15, 0.2) is 36.4 Å². The maximum absolute atomic E-state index is 6.22.